The van der Waals surface area contributed by atoms with E-state index in [0.717, 1.165) is 77.8 Å². The highest BCUT2D eigenvalue weighted by atomic mass is 15.2. The number of hydrogen-bond donors (Lipinski definition) is 0. The van der Waals surface area contributed by atoms with Crippen LogP contribution in [0, 0.1) is 0 Å². The van der Waals surface area contributed by atoms with Crippen molar-refractivity contribution >= 4 is 141 Å². The summed E-state index contributed by atoms with van der Waals surface area (Å²) in [6.07, 6.45) is 0. The summed E-state index contributed by atoms with van der Waals surface area (Å²) in [4.78, 5) is 21.1. The van der Waals surface area contributed by atoms with Gasteiger partial charge in [0, 0.05) is 76.4 Å². The van der Waals surface area contributed by atoms with E-state index < -0.39 is 0 Å². The lowest BCUT2D eigenvalue weighted by Crippen LogP contribution is -2.03. The fraction of sp³-hybridized carbons (Fsp3) is 0. The number of rotatable bonds is 8. The number of para-hydroxylation sites is 8. The first-order valence-corrected chi connectivity index (χ1v) is 36.8. The number of nitrogens with zero attached hydrogens (tertiary/aromatic N) is 8. The number of fused-ring (bicyclic) bond motifs is 19. The Morgan fingerprint density at radius 2 is 0.509 bits per heavy atom. The van der Waals surface area contributed by atoms with E-state index in [1.54, 1.807) is 0 Å². The van der Waals surface area contributed by atoms with Crippen molar-refractivity contribution in [3.05, 3.63) is 376 Å². The summed E-state index contributed by atoms with van der Waals surface area (Å²) >= 11 is 0. The van der Waals surface area contributed by atoms with Crippen LogP contribution in [-0.4, -0.2) is 38.2 Å². The Kier molecular flexibility index (Phi) is 13.8. The normalized spacial score (nSPS) is 11.9. The monoisotopic (exact) mass is 1370 g/mol. The molecule has 0 aliphatic carbocycles. The zero-order valence-corrected chi connectivity index (χ0v) is 58.4. The van der Waals surface area contributed by atoms with Gasteiger partial charge in [0.1, 0.15) is 0 Å². The Balaban J connectivity index is 0.000000134. The van der Waals surface area contributed by atoms with Crippen molar-refractivity contribution in [2.45, 2.75) is 0 Å². The summed E-state index contributed by atoms with van der Waals surface area (Å²) in [7, 11) is 0. The van der Waals surface area contributed by atoms with E-state index in [1.807, 2.05) is 12.1 Å². The quantitative estimate of drug-likeness (QED) is 0.152. The van der Waals surface area contributed by atoms with E-state index in [4.69, 9.17) is 19.9 Å². The summed E-state index contributed by atoms with van der Waals surface area (Å²) in [6, 6.07) is 135. The molecule has 0 unspecified atom stereocenters. The Morgan fingerprint density at radius 3 is 1.00 bits per heavy atom. The average molecular weight is 1380 g/mol. The Bertz CT molecular complexity index is 7620. The molecule has 0 N–H and O–H groups in total. The van der Waals surface area contributed by atoms with Gasteiger partial charge in [-0.2, -0.15) is 0 Å². The van der Waals surface area contributed by atoms with Crippen LogP contribution < -0.4 is 0 Å². The van der Waals surface area contributed by atoms with Gasteiger partial charge in [-0.1, -0.05) is 273 Å². The van der Waals surface area contributed by atoms with Gasteiger partial charge in [0.25, 0.3) is 0 Å². The second-order valence-electron chi connectivity index (χ2n) is 28.0. The van der Waals surface area contributed by atoms with Crippen LogP contribution in [0.4, 0.5) is 0 Å². The molecule has 0 spiro atoms. The zero-order valence-electron chi connectivity index (χ0n) is 58.4. The molecule has 0 amide bonds. The van der Waals surface area contributed by atoms with Crippen LogP contribution in [0.25, 0.3) is 209 Å². The smallest absolute Gasteiger partial charge is 0.235 e. The van der Waals surface area contributed by atoms with E-state index in [1.165, 1.54) is 120 Å². The predicted octanol–water partition coefficient (Wildman–Crippen LogP) is 25.8. The lowest BCUT2D eigenvalue weighted by Gasteiger charge is -2.12. The number of hydrogen-bond acceptors (Lipinski definition) is 4. The second-order valence-corrected chi connectivity index (χ2v) is 28.0. The molecule has 6 aromatic heterocycles. The average Bonchev–Trinajstić information content (AvgIpc) is 1.57. The van der Waals surface area contributed by atoms with E-state index >= 15 is 0 Å². The van der Waals surface area contributed by atoms with Crippen LogP contribution in [0.2, 0.25) is 0 Å². The Hall–Kier alpha value is -14.6. The summed E-state index contributed by atoms with van der Waals surface area (Å²) in [5, 5.41) is 19.0. The maximum absolute atomic E-state index is 5.40. The minimum atomic E-state index is 0.660. The first-order chi connectivity index (χ1) is 53.6. The second kappa shape index (κ2) is 24.5. The molecule has 0 saturated heterocycles. The minimum absolute atomic E-state index is 0.660. The van der Waals surface area contributed by atoms with Crippen molar-refractivity contribution in [1.82, 2.24) is 38.2 Å². The van der Waals surface area contributed by atoms with E-state index in [-0.39, 0.29) is 0 Å². The summed E-state index contributed by atoms with van der Waals surface area (Å²) in [6.45, 7) is 0. The molecule has 0 bridgehead atoms. The van der Waals surface area contributed by atoms with Gasteiger partial charge in [-0.05, 0) is 158 Å². The van der Waals surface area contributed by atoms with E-state index in [0.29, 0.717) is 11.9 Å². The van der Waals surface area contributed by atoms with Crippen LogP contribution in [0.5, 0.6) is 0 Å². The van der Waals surface area contributed by atoms with Gasteiger partial charge in [0.05, 0.1) is 66.6 Å². The zero-order chi connectivity index (χ0) is 70.9. The first kappa shape index (κ1) is 60.9. The highest BCUT2D eigenvalue weighted by molar-refractivity contribution is 6.24. The van der Waals surface area contributed by atoms with Gasteiger partial charge in [-0.25, -0.2) is 19.9 Å². The molecule has 23 rings (SSSR count). The lowest BCUT2D eigenvalue weighted by atomic mass is 9.97. The van der Waals surface area contributed by atoms with Crippen LogP contribution in [0.1, 0.15) is 0 Å². The maximum Gasteiger partial charge on any atom is 0.235 e. The van der Waals surface area contributed by atoms with Crippen molar-refractivity contribution in [2.24, 2.45) is 0 Å². The van der Waals surface area contributed by atoms with E-state index in [9.17, 15) is 0 Å². The van der Waals surface area contributed by atoms with Crippen LogP contribution in [-0.2, 0) is 0 Å². The third-order valence-corrected chi connectivity index (χ3v) is 22.0. The molecule has 0 aliphatic rings. The molecule has 502 valence electrons. The molecule has 17 aromatic carbocycles. The summed E-state index contributed by atoms with van der Waals surface area (Å²) < 4.78 is 9.25. The van der Waals surface area contributed by atoms with Gasteiger partial charge < -0.3 is 9.13 Å². The Labute approximate surface area is 619 Å². The molecule has 0 radical (unpaired) electrons. The molecular weight excluding hydrogens is 1310 g/mol. The summed E-state index contributed by atoms with van der Waals surface area (Å²) in [5.74, 6) is 1.33. The third kappa shape index (κ3) is 9.71. The topological polar surface area (TPSA) is 71.3 Å². The van der Waals surface area contributed by atoms with Gasteiger partial charge in [0.2, 0.25) is 11.9 Å². The predicted molar refractivity (Wildman–Crippen MR) is 451 cm³/mol. The van der Waals surface area contributed by atoms with Crippen LogP contribution in [0.3, 0.4) is 0 Å². The molecule has 0 atom stereocenters. The molecule has 108 heavy (non-hydrogen) atoms. The SMILES string of the molecule is c1ccc(-c2nc(-n3c4ccccc4c4c5cc(-c6ccc7c8ccccc8n(-c8ccccc8)c7c6)ccc5ccc43)nc3ccccc23)cc1.c1ccc(-n2c3ccccc3c3ccc(-c4ccc5ccc6c(c5c4)c4ccccc4n6-c4nc(-c5ccc6ccccc6c5)c5ccccc5n4)cc32)cc1. The fourth-order valence-electron chi connectivity index (χ4n) is 17.1. The van der Waals surface area contributed by atoms with Gasteiger partial charge >= 0.3 is 0 Å². The maximum atomic E-state index is 5.40. The number of benzene rings is 17. The molecule has 6 heterocycles. The Morgan fingerprint density at radius 1 is 0.167 bits per heavy atom. The molecule has 23 aromatic rings. The first-order valence-electron chi connectivity index (χ1n) is 36.8. The largest absolute Gasteiger partial charge is 0.309 e. The molecule has 0 aliphatic heterocycles. The fourth-order valence-corrected chi connectivity index (χ4v) is 17.1. The van der Waals surface area contributed by atoms with Crippen molar-refractivity contribution in [1.29, 1.82) is 0 Å². The van der Waals surface area contributed by atoms with Gasteiger partial charge in [0.15, 0.2) is 0 Å². The standard InChI is InChI=1S/C52H32N4.C48H30N4/c1-2-14-39(15-3-1)55-46-20-10-7-16-40(46)41-28-26-37(32-49(41)55)36-24-23-34-27-29-48-50(44(34)31-36)43-18-8-11-21-47(43)56(48)52-53-45-19-9-6-17-42(45)51(54-52)38-25-22-33-12-4-5-13-35(33)30-38;1-3-13-32(14-4-1)47-38-18-7-10-20-41(38)49-48(50-47)52-43-22-12-9-19-39(43)46-40-29-33(24-23-31(40)26-28-44(46)52)34-25-27-37-36-17-8-11-21-42(36)51(45(37)30-34)35-15-5-2-6-16-35/h1-32H;1-30H. The molecule has 8 nitrogen and oxygen atoms in total. The third-order valence-electron chi connectivity index (χ3n) is 22.0. The highest BCUT2D eigenvalue weighted by Crippen LogP contribution is 2.44. The van der Waals surface area contributed by atoms with Gasteiger partial charge in [-0.15, -0.1) is 0 Å². The van der Waals surface area contributed by atoms with Crippen LogP contribution in [0.15, 0.2) is 376 Å². The molecule has 0 saturated carbocycles. The summed E-state index contributed by atoms with van der Waals surface area (Å²) in [5.41, 5.74) is 22.0. The van der Waals surface area contributed by atoms with Crippen molar-refractivity contribution in [3.8, 4) is 68.0 Å². The molecule has 0 fully saturated rings. The van der Waals surface area contributed by atoms with Crippen molar-refractivity contribution < 1.29 is 0 Å². The minimum Gasteiger partial charge on any atom is -0.309 e. The van der Waals surface area contributed by atoms with Crippen LogP contribution >= 0.6 is 0 Å². The number of aromatic nitrogens is 8. The molecular formula is C100H62N8. The molecule has 8 heteroatoms. The van der Waals surface area contributed by atoms with Crippen molar-refractivity contribution in [2.75, 3.05) is 0 Å². The van der Waals surface area contributed by atoms with Gasteiger partial charge in [-0.3, -0.25) is 9.13 Å². The lowest BCUT2D eigenvalue weighted by molar-refractivity contribution is 1.01. The van der Waals surface area contributed by atoms with E-state index in [2.05, 4.69) is 382 Å². The van der Waals surface area contributed by atoms with Crippen molar-refractivity contribution in [3.63, 3.8) is 0 Å². The highest BCUT2D eigenvalue weighted by Gasteiger charge is 2.24.